The standard InChI is InChI=1S/C17H15N3O3S/c1-23-12-9-14(21)20-8-4-6-11(20)15(12)16(22)19-17-18-10-5-2-3-7-13(10)24-17/h2-3,5,7,9H,4,6,8H2,1H3,(H,18,19,22). The van der Waals surface area contributed by atoms with Crippen LogP contribution in [0.1, 0.15) is 22.5 Å². The number of nitrogens with one attached hydrogen (secondary N) is 1. The SMILES string of the molecule is COc1cc(=O)n2c(c1C(=O)Nc1nc3ccccc3s1)CCC2. The highest BCUT2D eigenvalue weighted by atomic mass is 32.1. The molecule has 24 heavy (non-hydrogen) atoms. The summed E-state index contributed by atoms with van der Waals surface area (Å²) in [5.74, 6) is 0.0170. The molecule has 0 radical (unpaired) electrons. The largest absolute Gasteiger partial charge is 0.496 e. The van der Waals surface area contributed by atoms with Crippen LogP contribution < -0.4 is 15.6 Å². The molecule has 1 aliphatic rings. The Labute approximate surface area is 141 Å². The third-order valence-corrected chi connectivity index (χ3v) is 5.09. The van der Waals surface area contributed by atoms with Crippen LogP contribution in [0.3, 0.4) is 0 Å². The number of ether oxygens (including phenoxy) is 1. The van der Waals surface area contributed by atoms with Crippen molar-refractivity contribution >= 4 is 32.6 Å². The summed E-state index contributed by atoms with van der Waals surface area (Å²) in [7, 11) is 1.47. The molecule has 0 saturated carbocycles. The summed E-state index contributed by atoms with van der Waals surface area (Å²) in [4.78, 5) is 29.3. The molecule has 7 heteroatoms. The zero-order valence-corrected chi connectivity index (χ0v) is 13.9. The Kier molecular flexibility index (Phi) is 3.57. The number of rotatable bonds is 3. The summed E-state index contributed by atoms with van der Waals surface area (Å²) < 4.78 is 7.94. The number of amides is 1. The van der Waals surface area contributed by atoms with Gasteiger partial charge in [-0.15, -0.1) is 0 Å². The van der Waals surface area contributed by atoms with E-state index >= 15 is 0 Å². The Morgan fingerprint density at radius 2 is 2.21 bits per heavy atom. The van der Waals surface area contributed by atoms with Crippen LogP contribution in [0.2, 0.25) is 0 Å². The molecule has 1 N–H and O–H groups in total. The van der Waals surface area contributed by atoms with Gasteiger partial charge in [-0.25, -0.2) is 4.98 Å². The highest BCUT2D eigenvalue weighted by molar-refractivity contribution is 7.22. The van der Waals surface area contributed by atoms with Crippen LogP contribution in [0.25, 0.3) is 10.2 Å². The summed E-state index contributed by atoms with van der Waals surface area (Å²) in [6.07, 6.45) is 1.54. The van der Waals surface area contributed by atoms with Gasteiger partial charge in [-0.3, -0.25) is 14.9 Å². The molecular weight excluding hydrogens is 326 g/mol. The first kappa shape index (κ1) is 14.9. The first-order chi connectivity index (χ1) is 11.7. The van der Waals surface area contributed by atoms with Crippen LogP contribution in [-0.2, 0) is 13.0 Å². The van der Waals surface area contributed by atoms with Crippen LogP contribution in [0.4, 0.5) is 5.13 Å². The van der Waals surface area contributed by atoms with Gasteiger partial charge >= 0.3 is 0 Å². The van der Waals surface area contributed by atoms with Crippen molar-refractivity contribution in [2.45, 2.75) is 19.4 Å². The van der Waals surface area contributed by atoms with Crippen LogP contribution in [0.5, 0.6) is 5.75 Å². The molecule has 1 amide bonds. The average Bonchev–Trinajstić information content (AvgIpc) is 3.20. The quantitative estimate of drug-likeness (QED) is 0.795. The monoisotopic (exact) mass is 341 g/mol. The Bertz CT molecular complexity index is 973. The van der Waals surface area contributed by atoms with E-state index in [9.17, 15) is 9.59 Å². The summed E-state index contributed by atoms with van der Waals surface area (Å²) in [6.45, 7) is 0.638. The average molecular weight is 341 g/mol. The number of carbonyl (C=O) groups is 1. The number of carbonyl (C=O) groups excluding carboxylic acids is 1. The van der Waals surface area contributed by atoms with Gasteiger partial charge in [0.15, 0.2) is 5.13 Å². The molecule has 0 fully saturated rings. The number of hydrogen-bond donors (Lipinski definition) is 1. The lowest BCUT2D eigenvalue weighted by Crippen LogP contribution is -2.24. The van der Waals surface area contributed by atoms with Crippen LogP contribution in [0.15, 0.2) is 35.1 Å². The van der Waals surface area contributed by atoms with E-state index in [-0.39, 0.29) is 11.5 Å². The zero-order chi connectivity index (χ0) is 16.7. The number of hydrogen-bond acceptors (Lipinski definition) is 5. The van der Waals surface area contributed by atoms with E-state index < -0.39 is 0 Å². The minimum atomic E-state index is -0.295. The summed E-state index contributed by atoms with van der Waals surface area (Å²) >= 11 is 1.42. The Balaban J connectivity index is 1.74. The maximum atomic E-state index is 12.8. The molecule has 6 nitrogen and oxygen atoms in total. The maximum absolute atomic E-state index is 12.8. The lowest BCUT2D eigenvalue weighted by atomic mass is 10.1. The van der Waals surface area contributed by atoms with E-state index in [1.54, 1.807) is 4.57 Å². The van der Waals surface area contributed by atoms with E-state index in [1.807, 2.05) is 24.3 Å². The zero-order valence-electron chi connectivity index (χ0n) is 13.0. The predicted octanol–water partition coefficient (Wildman–Crippen LogP) is 2.67. The van der Waals surface area contributed by atoms with Gasteiger partial charge in [-0.2, -0.15) is 0 Å². The number of aromatic nitrogens is 2. The normalized spacial score (nSPS) is 13.0. The van der Waals surface area contributed by atoms with Crippen LogP contribution >= 0.6 is 11.3 Å². The number of pyridine rings is 1. The molecule has 3 aromatic rings. The van der Waals surface area contributed by atoms with Gasteiger partial charge in [-0.05, 0) is 25.0 Å². The van der Waals surface area contributed by atoms with Crippen molar-refractivity contribution in [3.63, 3.8) is 0 Å². The second kappa shape index (κ2) is 5.76. The van der Waals surface area contributed by atoms with E-state index in [0.717, 1.165) is 22.3 Å². The smallest absolute Gasteiger partial charge is 0.263 e. The van der Waals surface area contributed by atoms with Crippen molar-refractivity contribution in [1.82, 2.24) is 9.55 Å². The van der Waals surface area contributed by atoms with Gasteiger partial charge in [0.1, 0.15) is 11.3 Å². The van der Waals surface area contributed by atoms with Gasteiger partial charge in [0, 0.05) is 18.3 Å². The summed E-state index contributed by atoms with van der Waals surface area (Å²) in [5.41, 5.74) is 1.88. The number of benzene rings is 1. The Hall–Kier alpha value is -2.67. The fraction of sp³-hybridized carbons (Fsp3) is 0.235. The van der Waals surface area contributed by atoms with Crippen molar-refractivity contribution in [2.75, 3.05) is 12.4 Å². The fourth-order valence-electron chi connectivity index (χ4n) is 3.07. The van der Waals surface area contributed by atoms with E-state index in [1.165, 1.54) is 24.5 Å². The van der Waals surface area contributed by atoms with E-state index in [0.29, 0.717) is 29.4 Å². The van der Waals surface area contributed by atoms with Gasteiger partial charge in [0.25, 0.3) is 11.5 Å². The highest BCUT2D eigenvalue weighted by Crippen LogP contribution is 2.29. The molecule has 0 saturated heterocycles. The lowest BCUT2D eigenvalue weighted by Gasteiger charge is -2.13. The first-order valence-corrected chi connectivity index (χ1v) is 8.46. The van der Waals surface area contributed by atoms with Crippen molar-refractivity contribution in [3.8, 4) is 5.75 Å². The molecule has 1 aromatic carbocycles. The molecule has 0 bridgehead atoms. The number of methoxy groups -OCH3 is 1. The highest BCUT2D eigenvalue weighted by Gasteiger charge is 2.25. The molecule has 4 rings (SSSR count). The topological polar surface area (TPSA) is 73.2 Å². The van der Waals surface area contributed by atoms with Gasteiger partial charge < -0.3 is 9.30 Å². The molecule has 0 atom stereocenters. The molecule has 3 heterocycles. The van der Waals surface area contributed by atoms with Gasteiger partial charge in [-0.1, -0.05) is 23.5 Å². The molecule has 1 aliphatic heterocycles. The van der Waals surface area contributed by atoms with Crippen molar-refractivity contribution in [1.29, 1.82) is 0 Å². The molecular formula is C17H15N3O3S. The van der Waals surface area contributed by atoms with Gasteiger partial charge in [0.2, 0.25) is 0 Å². The molecule has 0 unspecified atom stereocenters. The summed E-state index contributed by atoms with van der Waals surface area (Å²) in [5, 5.41) is 3.38. The minimum Gasteiger partial charge on any atom is -0.496 e. The first-order valence-electron chi connectivity index (χ1n) is 7.65. The van der Waals surface area contributed by atoms with Crippen LogP contribution in [0, 0.1) is 0 Å². The second-order valence-electron chi connectivity index (χ2n) is 5.57. The second-order valence-corrected chi connectivity index (χ2v) is 6.60. The number of fused-ring (bicyclic) bond motifs is 2. The molecule has 0 aliphatic carbocycles. The number of nitrogens with zero attached hydrogens (tertiary/aromatic N) is 2. The Morgan fingerprint density at radius 3 is 3.00 bits per heavy atom. The number of thiazole rings is 1. The lowest BCUT2D eigenvalue weighted by molar-refractivity contribution is 0.102. The number of para-hydroxylation sites is 1. The molecule has 0 spiro atoms. The predicted molar refractivity (Wildman–Crippen MR) is 93.1 cm³/mol. The maximum Gasteiger partial charge on any atom is 0.263 e. The minimum absolute atomic E-state index is 0.129. The van der Waals surface area contributed by atoms with Crippen molar-refractivity contribution in [3.05, 3.63) is 51.9 Å². The molecule has 122 valence electrons. The van der Waals surface area contributed by atoms with Crippen molar-refractivity contribution < 1.29 is 9.53 Å². The number of anilines is 1. The fourth-order valence-corrected chi connectivity index (χ4v) is 3.93. The molecule has 2 aromatic heterocycles. The van der Waals surface area contributed by atoms with Crippen molar-refractivity contribution in [2.24, 2.45) is 0 Å². The van der Waals surface area contributed by atoms with Gasteiger partial charge in [0.05, 0.1) is 17.3 Å². The van der Waals surface area contributed by atoms with E-state index in [4.69, 9.17) is 4.74 Å². The Morgan fingerprint density at radius 1 is 1.38 bits per heavy atom. The third-order valence-electron chi connectivity index (χ3n) is 4.14. The van der Waals surface area contributed by atoms with E-state index in [2.05, 4.69) is 10.3 Å². The third kappa shape index (κ3) is 2.37. The summed E-state index contributed by atoms with van der Waals surface area (Å²) in [6, 6.07) is 9.09. The van der Waals surface area contributed by atoms with Crippen LogP contribution in [-0.4, -0.2) is 22.6 Å².